The molecular weight excluding hydrogens is 419 g/mol. The summed E-state index contributed by atoms with van der Waals surface area (Å²) in [5, 5.41) is 8.18. The number of nitrogens with one attached hydrogen (secondary N) is 1. The van der Waals surface area contributed by atoms with E-state index in [0.29, 0.717) is 39.3 Å². The first kappa shape index (κ1) is 20.8. The molecule has 2 aromatic heterocycles. The summed E-state index contributed by atoms with van der Waals surface area (Å²) in [6.45, 7) is 1.94. The Kier molecular flexibility index (Phi) is 5.85. The number of ether oxygens (including phenoxy) is 2. The molecule has 0 amide bonds. The van der Waals surface area contributed by atoms with Gasteiger partial charge in [0.2, 0.25) is 10.1 Å². The number of methoxy groups -OCH3 is 2. The zero-order valence-corrected chi connectivity index (χ0v) is 18.1. The van der Waals surface area contributed by atoms with Crippen LogP contribution in [-0.4, -0.2) is 28.8 Å². The SMILES string of the molecule is CCc1cc(=O)n2nc(NC(c3cccc(OC)c3)c3cc(F)ccc3OC)sc2n1. The topological polar surface area (TPSA) is 77.8 Å². The molecule has 4 rings (SSSR count). The lowest BCUT2D eigenvalue weighted by molar-refractivity contribution is 0.406. The van der Waals surface area contributed by atoms with Crippen LogP contribution in [0.25, 0.3) is 4.96 Å². The number of hydrogen-bond acceptors (Lipinski definition) is 7. The van der Waals surface area contributed by atoms with Crippen LogP contribution in [0.5, 0.6) is 11.5 Å². The van der Waals surface area contributed by atoms with E-state index in [0.717, 1.165) is 5.56 Å². The monoisotopic (exact) mass is 440 g/mol. The molecule has 0 aliphatic rings. The van der Waals surface area contributed by atoms with Gasteiger partial charge in [-0.2, -0.15) is 4.52 Å². The van der Waals surface area contributed by atoms with Crippen molar-refractivity contribution in [2.24, 2.45) is 0 Å². The van der Waals surface area contributed by atoms with Gasteiger partial charge in [-0.15, -0.1) is 5.10 Å². The van der Waals surface area contributed by atoms with Crippen LogP contribution in [0.2, 0.25) is 0 Å². The molecule has 2 heterocycles. The Balaban J connectivity index is 1.83. The van der Waals surface area contributed by atoms with Crippen molar-refractivity contribution in [1.29, 1.82) is 0 Å². The van der Waals surface area contributed by atoms with Crippen LogP contribution in [-0.2, 0) is 6.42 Å². The fraction of sp³-hybridized carbons (Fsp3) is 0.227. The summed E-state index contributed by atoms with van der Waals surface area (Å²) >= 11 is 1.25. The number of rotatable bonds is 7. The van der Waals surface area contributed by atoms with E-state index in [2.05, 4.69) is 15.4 Å². The summed E-state index contributed by atoms with van der Waals surface area (Å²) in [6, 6.07) is 12.8. The molecule has 0 saturated heterocycles. The minimum absolute atomic E-state index is 0.243. The van der Waals surface area contributed by atoms with Crippen LogP contribution in [0.3, 0.4) is 0 Å². The van der Waals surface area contributed by atoms with E-state index in [1.807, 2.05) is 31.2 Å². The maximum absolute atomic E-state index is 14.2. The minimum atomic E-state index is -0.511. The molecule has 7 nitrogen and oxygen atoms in total. The van der Waals surface area contributed by atoms with E-state index >= 15 is 0 Å². The minimum Gasteiger partial charge on any atom is -0.497 e. The van der Waals surface area contributed by atoms with Gasteiger partial charge in [0.05, 0.1) is 20.3 Å². The van der Waals surface area contributed by atoms with Gasteiger partial charge >= 0.3 is 0 Å². The average molecular weight is 441 g/mol. The summed E-state index contributed by atoms with van der Waals surface area (Å²) in [5.74, 6) is 0.793. The summed E-state index contributed by atoms with van der Waals surface area (Å²) in [4.78, 5) is 17.3. The van der Waals surface area contributed by atoms with Crippen molar-refractivity contribution in [3.05, 3.63) is 81.5 Å². The van der Waals surface area contributed by atoms with Crippen LogP contribution >= 0.6 is 11.3 Å². The molecule has 2 aromatic carbocycles. The maximum Gasteiger partial charge on any atom is 0.275 e. The lowest BCUT2D eigenvalue weighted by Crippen LogP contribution is -2.17. The molecule has 31 heavy (non-hydrogen) atoms. The third-order valence-electron chi connectivity index (χ3n) is 4.86. The second kappa shape index (κ2) is 8.73. The van der Waals surface area contributed by atoms with Crippen molar-refractivity contribution >= 4 is 21.4 Å². The number of halogens is 1. The quantitative estimate of drug-likeness (QED) is 0.467. The Morgan fingerprint density at radius 3 is 2.74 bits per heavy atom. The van der Waals surface area contributed by atoms with Gasteiger partial charge in [0.25, 0.3) is 5.56 Å². The molecule has 0 bridgehead atoms. The first-order valence-electron chi connectivity index (χ1n) is 9.66. The van der Waals surface area contributed by atoms with E-state index in [1.165, 1.54) is 41.2 Å². The first-order valence-corrected chi connectivity index (χ1v) is 10.5. The highest BCUT2D eigenvalue weighted by atomic mass is 32.1. The van der Waals surface area contributed by atoms with E-state index in [1.54, 1.807) is 13.2 Å². The summed E-state index contributed by atoms with van der Waals surface area (Å²) < 4.78 is 26.3. The van der Waals surface area contributed by atoms with Gasteiger partial charge in [0.15, 0.2) is 0 Å². The second-order valence-electron chi connectivity index (χ2n) is 6.78. The predicted octanol–water partition coefficient (Wildman–Crippen LogP) is 4.07. The fourth-order valence-electron chi connectivity index (χ4n) is 3.31. The molecule has 160 valence electrons. The Morgan fingerprint density at radius 1 is 1.16 bits per heavy atom. The van der Waals surface area contributed by atoms with Crippen LogP contribution in [0.1, 0.15) is 29.8 Å². The standard InChI is InChI=1S/C22H21FN4O3S/c1-4-15-12-19(28)27-22(24-15)31-21(26-27)25-20(13-6-5-7-16(10-13)29-2)17-11-14(23)8-9-18(17)30-3/h5-12,20H,4H2,1-3H3,(H,25,26). The number of aromatic nitrogens is 3. The summed E-state index contributed by atoms with van der Waals surface area (Å²) in [6.07, 6.45) is 0.652. The van der Waals surface area contributed by atoms with E-state index in [9.17, 15) is 9.18 Å². The Bertz CT molecular complexity index is 1290. The molecule has 0 spiro atoms. The first-order chi connectivity index (χ1) is 15.0. The van der Waals surface area contributed by atoms with Gasteiger partial charge in [-0.1, -0.05) is 30.4 Å². The molecular formula is C22H21FN4O3S. The van der Waals surface area contributed by atoms with Gasteiger partial charge < -0.3 is 14.8 Å². The highest BCUT2D eigenvalue weighted by Gasteiger charge is 2.22. The average Bonchev–Trinajstić information content (AvgIpc) is 3.20. The maximum atomic E-state index is 14.2. The van der Waals surface area contributed by atoms with Crippen molar-refractivity contribution in [1.82, 2.24) is 14.6 Å². The zero-order chi connectivity index (χ0) is 22.0. The number of benzene rings is 2. The van der Waals surface area contributed by atoms with E-state index in [-0.39, 0.29) is 11.4 Å². The van der Waals surface area contributed by atoms with Crippen LogP contribution < -0.4 is 20.3 Å². The smallest absolute Gasteiger partial charge is 0.275 e. The molecule has 0 fully saturated rings. The molecule has 1 unspecified atom stereocenters. The van der Waals surface area contributed by atoms with Crippen LogP contribution in [0, 0.1) is 5.82 Å². The number of hydrogen-bond donors (Lipinski definition) is 1. The molecule has 4 aromatic rings. The van der Waals surface area contributed by atoms with Gasteiger partial charge in [-0.25, -0.2) is 9.37 Å². The number of anilines is 1. The molecule has 0 saturated carbocycles. The van der Waals surface area contributed by atoms with Gasteiger partial charge in [-0.3, -0.25) is 4.79 Å². The number of fused-ring (bicyclic) bond motifs is 1. The normalized spacial score (nSPS) is 12.0. The van der Waals surface area contributed by atoms with Crippen molar-refractivity contribution < 1.29 is 13.9 Å². The molecule has 1 atom stereocenters. The fourth-order valence-corrected chi connectivity index (χ4v) is 4.16. The highest BCUT2D eigenvalue weighted by Crippen LogP contribution is 2.35. The highest BCUT2D eigenvalue weighted by molar-refractivity contribution is 7.20. The van der Waals surface area contributed by atoms with Crippen molar-refractivity contribution in [2.75, 3.05) is 19.5 Å². The predicted molar refractivity (Wildman–Crippen MR) is 118 cm³/mol. The zero-order valence-electron chi connectivity index (χ0n) is 17.3. The largest absolute Gasteiger partial charge is 0.497 e. The lowest BCUT2D eigenvalue weighted by atomic mass is 9.97. The van der Waals surface area contributed by atoms with Crippen LogP contribution in [0.15, 0.2) is 53.3 Å². The third-order valence-corrected chi connectivity index (χ3v) is 5.70. The van der Waals surface area contributed by atoms with Gasteiger partial charge in [0.1, 0.15) is 17.3 Å². The Morgan fingerprint density at radius 2 is 2.00 bits per heavy atom. The van der Waals surface area contributed by atoms with Gasteiger partial charge in [0, 0.05) is 17.3 Å². The van der Waals surface area contributed by atoms with Gasteiger partial charge in [-0.05, 0) is 42.3 Å². The second-order valence-corrected chi connectivity index (χ2v) is 7.74. The Hall–Kier alpha value is -3.46. The molecule has 0 aliphatic carbocycles. The van der Waals surface area contributed by atoms with E-state index in [4.69, 9.17) is 9.47 Å². The van der Waals surface area contributed by atoms with Crippen LogP contribution in [0.4, 0.5) is 9.52 Å². The van der Waals surface area contributed by atoms with Crippen molar-refractivity contribution in [3.8, 4) is 11.5 Å². The molecule has 1 N–H and O–H groups in total. The summed E-state index contributed by atoms with van der Waals surface area (Å²) in [7, 11) is 3.12. The lowest BCUT2D eigenvalue weighted by Gasteiger charge is -2.22. The molecule has 0 radical (unpaired) electrons. The molecule has 0 aliphatic heterocycles. The van der Waals surface area contributed by atoms with Crippen molar-refractivity contribution in [2.45, 2.75) is 19.4 Å². The third kappa shape index (κ3) is 4.22. The number of nitrogens with zero attached hydrogens (tertiary/aromatic N) is 3. The summed E-state index contributed by atoms with van der Waals surface area (Å²) in [5.41, 5.74) is 1.87. The van der Waals surface area contributed by atoms with Crippen molar-refractivity contribution in [3.63, 3.8) is 0 Å². The number of aryl methyl sites for hydroxylation is 1. The molecule has 9 heteroatoms. The Labute approximate surface area is 182 Å². The van der Waals surface area contributed by atoms with E-state index < -0.39 is 6.04 Å².